The summed E-state index contributed by atoms with van der Waals surface area (Å²) in [5.74, 6) is 0.185. The van der Waals surface area contributed by atoms with Gasteiger partial charge in [-0.15, -0.1) is 0 Å². The summed E-state index contributed by atoms with van der Waals surface area (Å²) in [5, 5.41) is 17.7. The van der Waals surface area contributed by atoms with Crippen LogP contribution < -0.4 is 10.6 Å². The van der Waals surface area contributed by atoms with E-state index < -0.39 is 5.97 Å². The quantitative estimate of drug-likeness (QED) is 0.673. The molecule has 0 bridgehead atoms. The number of aryl methyl sites for hydroxylation is 1. The predicted octanol–water partition coefficient (Wildman–Crippen LogP) is 1.67. The molecule has 0 saturated heterocycles. The van der Waals surface area contributed by atoms with Crippen LogP contribution in [0.1, 0.15) is 37.6 Å². The van der Waals surface area contributed by atoms with E-state index in [1.165, 1.54) is 0 Å². The van der Waals surface area contributed by atoms with Gasteiger partial charge in [-0.1, -0.05) is 12.1 Å². The molecule has 1 aromatic rings. The molecule has 0 fully saturated rings. The van der Waals surface area contributed by atoms with Gasteiger partial charge in [-0.3, -0.25) is 4.79 Å². The second kappa shape index (κ2) is 8.19. The van der Waals surface area contributed by atoms with Crippen molar-refractivity contribution in [2.75, 3.05) is 6.54 Å². The maximum absolute atomic E-state index is 11.5. The lowest BCUT2D eigenvalue weighted by molar-refractivity contribution is -0.137. The Hall–Kier alpha value is -2.05. The van der Waals surface area contributed by atoms with Crippen LogP contribution in [0.25, 0.3) is 0 Å². The standard InChI is InChI=1S/C13H21N3O4/c1-9(3-4-12(17)18)5-6-14-13(19)15-8-11-7-10(2)20-16-11/h7,9H,3-6,8H2,1-2H3,(H,17,18)(H2,14,15,19). The molecule has 0 saturated carbocycles. The predicted molar refractivity (Wildman–Crippen MR) is 72.1 cm³/mol. The number of carbonyl (C=O) groups is 2. The maximum Gasteiger partial charge on any atom is 0.315 e. The Kier molecular flexibility index (Phi) is 6.55. The van der Waals surface area contributed by atoms with Crippen molar-refractivity contribution in [3.05, 3.63) is 17.5 Å². The van der Waals surface area contributed by atoms with Crippen LogP contribution in [-0.4, -0.2) is 28.8 Å². The van der Waals surface area contributed by atoms with E-state index in [0.717, 1.165) is 6.42 Å². The lowest BCUT2D eigenvalue weighted by atomic mass is 10.0. The molecule has 1 unspecified atom stereocenters. The third kappa shape index (κ3) is 6.77. The van der Waals surface area contributed by atoms with Crippen molar-refractivity contribution >= 4 is 12.0 Å². The molecule has 0 aromatic carbocycles. The first-order valence-corrected chi connectivity index (χ1v) is 6.63. The van der Waals surface area contributed by atoms with Gasteiger partial charge in [0.1, 0.15) is 11.5 Å². The first-order chi connectivity index (χ1) is 9.47. The summed E-state index contributed by atoms with van der Waals surface area (Å²) in [7, 11) is 0. The summed E-state index contributed by atoms with van der Waals surface area (Å²) in [5.41, 5.74) is 0.674. The van der Waals surface area contributed by atoms with Crippen LogP contribution in [0.4, 0.5) is 4.79 Å². The fourth-order valence-corrected chi connectivity index (χ4v) is 1.68. The number of rotatable bonds is 8. The zero-order valence-electron chi connectivity index (χ0n) is 11.8. The smallest absolute Gasteiger partial charge is 0.315 e. The molecule has 0 radical (unpaired) electrons. The Morgan fingerprint density at radius 2 is 2.15 bits per heavy atom. The van der Waals surface area contributed by atoms with E-state index in [1.807, 2.05) is 6.92 Å². The number of hydrogen-bond acceptors (Lipinski definition) is 4. The van der Waals surface area contributed by atoms with Gasteiger partial charge in [0.15, 0.2) is 0 Å². The number of nitrogens with zero attached hydrogens (tertiary/aromatic N) is 1. The molecule has 0 spiro atoms. The molecule has 112 valence electrons. The van der Waals surface area contributed by atoms with Gasteiger partial charge in [-0.05, 0) is 25.7 Å². The van der Waals surface area contributed by atoms with Crippen molar-refractivity contribution in [2.45, 2.75) is 39.7 Å². The van der Waals surface area contributed by atoms with Gasteiger partial charge < -0.3 is 20.3 Å². The summed E-state index contributed by atoms with van der Waals surface area (Å²) in [6.45, 7) is 4.60. The number of carboxylic acid groups (broad SMARTS) is 1. The third-order valence-electron chi connectivity index (χ3n) is 2.88. The summed E-state index contributed by atoms with van der Waals surface area (Å²) in [4.78, 5) is 21.9. The van der Waals surface area contributed by atoms with E-state index in [0.29, 0.717) is 31.0 Å². The Bertz CT molecular complexity index is 445. The molecule has 3 N–H and O–H groups in total. The molecule has 0 aliphatic carbocycles. The van der Waals surface area contributed by atoms with Crippen LogP contribution in [0.2, 0.25) is 0 Å². The van der Waals surface area contributed by atoms with Crippen LogP contribution in [0.3, 0.4) is 0 Å². The molecule has 7 heteroatoms. The van der Waals surface area contributed by atoms with Crippen molar-refractivity contribution in [1.29, 1.82) is 0 Å². The minimum absolute atomic E-state index is 0.166. The molecule has 1 rings (SSSR count). The molecule has 7 nitrogen and oxygen atoms in total. The molecular weight excluding hydrogens is 262 g/mol. The highest BCUT2D eigenvalue weighted by Gasteiger charge is 2.07. The largest absolute Gasteiger partial charge is 0.481 e. The number of hydrogen-bond donors (Lipinski definition) is 3. The van der Waals surface area contributed by atoms with Gasteiger partial charge in [0.2, 0.25) is 0 Å². The molecule has 1 atom stereocenters. The van der Waals surface area contributed by atoms with E-state index in [2.05, 4.69) is 15.8 Å². The molecule has 20 heavy (non-hydrogen) atoms. The number of amides is 2. The molecule has 0 aliphatic heterocycles. The highest BCUT2D eigenvalue weighted by atomic mass is 16.5. The number of carbonyl (C=O) groups excluding carboxylic acids is 1. The van der Waals surface area contributed by atoms with Crippen molar-refractivity contribution in [3.8, 4) is 0 Å². The van der Waals surface area contributed by atoms with Crippen molar-refractivity contribution in [3.63, 3.8) is 0 Å². The van der Waals surface area contributed by atoms with Gasteiger partial charge in [-0.2, -0.15) is 0 Å². The fourth-order valence-electron chi connectivity index (χ4n) is 1.68. The molecule has 1 heterocycles. The Morgan fingerprint density at radius 1 is 1.40 bits per heavy atom. The molecular formula is C13H21N3O4. The zero-order chi connectivity index (χ0) is 15.0. The lowest BCUT2D eigenvalue weighted by Gasteiger charge is -2.11. The van der Waals surface area contributed by atoms with Gasteiger partial charge >= 0.3 is 12.0 Å². The minimum Gasteiger partial charge on any atom is -0.481 e. The van der Waals surface area contributed by atoms with Gasteiger partial charge in [-0.25, -0.2) is 4.79 Å². The lowest BCUT2D eigenvalue weighted by Crippen LogP contribution is -2.36. The van der Waals surface area contributed by atoms with Gasteiger partial charge in [0.05, 0.1) is 6.54 Å². The molecule has 1 aromatic heterocycles. The first kappa shape index (κ1) is 16.0. The SMILES string of the molecule is Cc1cc(CNC(=O)NCCC(C)CCC(=O)O)no1. The Morgan fingerprint density at radius 3 is 2.75 bits per heavy atom. The van der Waals surface area contributed by atoms with E-state index >= 15 is 0 Å². The number of urea groups is 1. The van der Waals surface area contributed by atoms with E-state index in [-0.39, 0.29) is 18.4 Å². The van der Waals surface area contributed by atoms with E-state index in [1.54, 1.807) is 13.0 Å². The highest BCUT2D eigenvalue weighted by Crippen LogP contribution is 2.09. The Balaban J connectivity index is 2.09. The molecule has 2 amide bonds. The second-order valence-corrected chi connectivity index (χ2v) is 4.86. The topological polar surface area (TPSA) is 104 Å². The number of nitrogens with one attached hydrogen (secondary N) is 2. The average molecular weight is 283 g/mol. The monoisotopic (exact) mass is 283 g/mol. The van der Waals surface area contributed by atoms with Crippen molar-refractivity contribution in [2.24, 2.45) is 5.92 Å². The van der Waals surface area contributed by atoms with Crippen molar-refractivity contribution < 1.29 is 19.2 Å². The summed E-state index contributed by atoms with van der Waals surface area (Å²) in [6, 6.07) is 1.49. The third-order valence-corrected chi connectivity index (χ3v) is 2.88. The van der Waals surface area contributed by atoms with E-state index in [4.69, 9.17) is 9.63 Å². The number of carboxylic acids is 1. The number of aliphatic carboxylic acids is 1. The average Bonchev–Trinajstić information content (AvgIpc) is 2.80. The zero-order valence-corrected chi connectivity index (χ0v) is 11.8. The van der Waals surface area contributed by atoms with Crippen molar-refractivity contribution in [1.82, 2.24) is 15.8 Å². The normalized spacial score (nSPS) is 11.9. The van der Waals surface area contributed by atoms with Crippen LogP contribution in [0, 0.1) is 12.8 Å². The van der Waals surface area contributed by atoms with E-state index in [9.17, 15) is 9.59 Å². The fraction of sp³-hybridized carbons (Fsp3) is 0.615. The highest BCUT2D eigenvalue weighted by molar-refractivity contribution is 5.73. The van der Waals surface area contributed by atoms with Crippen LogP contribution >= 0.6 is 0 Å². The van der Waals surface area contributed by atoms with Crippen LogP contribution in [0.5, 0.6) is 0 Å². The minimum atomic E-state index is -0.787. The molecule has 0 aliphatic rings. The second-order valence-electron chi connectivity index (χ2n) is 4.86. The van der Waals surface area contributed by atoms with Gasteiger partial charge in [0, 0.05) is 19.0 Å². The summed E-state index contributed by atoms with van der Waals surface area (Å²) in [6.07, 6.45) is 1.54. The first-order valence-electron chi connectivity index (χ1n) is 6.63. The number of aromatic nitrogens is 1. The maximum atomic E-state index is 11.5. The van der Waals surface area contributed by atoms with Crippen LogP contribution in [-0.2, 0) is 11.3 Å². The Labute approximate surface area is 117 Å². The summed E-state index contributed by atoms with van der Waals surface area (Å²) < 4.78 is 4.89. The summed E-state index contributed by atoms with van der Waals surface area (Å²) >= 11 is 0. The van der Waals surface area contributed by atoms with Gasteiger partial charge in [0.25, 0.3) is 0 Å². The van der Waals surface area contributed by atoms with Crippen LogP contribution in [0.15, 0.2) is 10.6 Å².